The molecule has 2 rings (SSSR count). The van der Waals surface area contributed by atoms with Crippen molar-refractivity contribution < 1.29 is 13.2 Å². The number of hydrogen-bond acceptors (Lipinski definition) is 4. The van der Waals surface area contributed by atoms with Crippen LogP contribution in [0, 0.1) is 6.92 Å². The minimum Gasteiger partial charge on any atom is -0.377 e. The van der Waals surface area contributed by atoms with Gasteiger partial charge in [0.2, 0.25) is 10.0 Å². The van der Waals surface area contributed by atoms with Gasteiger partial charge >= 0.3 is 0 Å². The van der Waals surface area contributed by atoms with Crippen molar-refractivity contribution in [2.75, 3.05) is 6.61 Å². The van der Waals surface area contributed by atoms with Crippen LogP contribution < -0.4 is 4.72 Å². The second-order valence-corrected chi connectivity index (χ2v) is 6.40. The molecule has 0 aromatic carbocycles. The van der Waals surface area contributed by atoms with Gasteiger partial charge in [-0.2, -0.15) is 5.10 Å². The van der Waals surface area contributed by atoms with Crippen LogP contribution in [-0.4, -0.2) is 37.0 Å². The Kier molecular flexibility index (Phi) is 3.74. The van der Waals surface area contributed by atoms with Crippen molar-refractivity contribution in [3.05, 3.63) is 11.9 Å². The van der Waals surface area contributed by atoms with Gasteiger partial charge in [0.1, 0.15) is 4.90 Å². The first kappa shape index (κ1) is 13.5. The first-order valence-corrected chi connectivity index (χ1v) is 7.52. The van der Waals surface area contributed by atoms with Crippen LogP contribution in [0.3, 0.4) is 0 Å². The molecule has 18 heavy (non-hydrogen) atoms. The molecule has 1 aliphatic heterocycles. The molecule has 1 N–H and O–H groups in total. The predicted molar refractivity (Wildman–Crippen MR) is 66.7 cm³/mol. The van der Waals surface area contributed by atoms with Crippen LogP contribution in [0.2, 0.25) is 0 Å². The summed E-state index contributed by atoms with van der Waals surface area (Å²) in [7, 11) is -1.82. The Labute approximate surface area is 107 Å². The number of aryl methyl sites for hydroxylation is 2. The quantitative estimate of drug-likeness (QED) is 0.870. The van der Waals surface area contributed by atoms with Gasteiger partial charge in [0, 0.05) is 25.9 Å². The van der Waals surface area contributed by atoms with E-state index >= 15 is 0 Å². The lowest BCUT2D eigenvalue weighted by Crippen LogP contribution is -2.40. The van der Waals surface area contributed by atoms with Gasteiger partial charge in [-0.3, -0.25) is 4.68 Å². The molecule has 0 radical (unpaired) electrons. The highest BCUT2D eigenvalue weighted by molar-refractivity contribution is 7.89. The molecule has 1 aliphatic rings. The average Bonchev–Trinajstić information content (AvgIpc) is 2.86. The molecule has 1 fully saturated rings. The third-order valence-electron chi connectivity index (χ3n) is 3.12. The van der Waals surface area contributed by atoms with E-state index in [-0.39, 0.29) is 17.0 Å². The Bertz CT molecular complexity index is 518. The van der Waals surface area contributed by atoms with Gasteiger partial charge in [0.25, 0.3) is 0 Å². The van der Waals surface area contributed by atoms with Crippen molar-refractivity contribution >= 4 is 10.0 Å². The van der Waals surface area contributed by atoms with Gasteiger partial charge in [-0.25, -0.2) is 13.1 Å². The molecule has 0 bridgehead atoms. The first-order chi connectivity index (χ1) is 8.40. The van der Waals surface area contributed by atoms with Crippen molar-refractivity contribution in [2.24, 2.45) is 7.05 Å². The maximum atomic E-state index is 12.2. The van der Waals surface area contributed by atoms with Crippen molar-refractivity contribution in [3.8, 4) is 0 Å². The maximum Gasteiger partial charge on any atom is 0.244 e. The van der Waals surface area contributed by atoms with Crippen LogP contribution in [0.1, 0.15) is 25.5 Å². The van der Waals surface area contributed by atoms with Crippen LogP contribution in [0.15, 0.2) is 11.1 Å². The number of rotatable bonds is 4. The number of nitrogens with one attached hydrogen (secondary N) is 1. The minimum absolute atomic E-state index is 0.0308. The van der Waals surface area contributed by atoms with E-state index < -0.39 is 10.0 Å². The van der Waals surface area contributed by atoms with Crippen LogP contribution in [-0.2, 0) is 21.8 Å². The monoisotopic (exact) mass is 273 g/mol. The molecule has 7 heteroatoms. The lowest BCUT2D eigenvalue weighted by molar-refractivity contribution is 0.0902. The van der Waals surface area contributed by atoms with Crippen molar-refractivity contribution in [2.45, 2.75) is 43.7 Å². The SMILES string of the molecule is Cc1nn(C)cc1S(=O)(=O)NC(C)C1CCCO1. The van der Waals surface area contributed by atoms with E-state index in [4.69, 9.17) is 4.74 Å². The number of aromatic nitrogens is 2. The van der Waals surface area contributed by atoms with Crippen LogP contribution in [0.25, 0.3) is 0 Å². The minimum atomic E-state index is -3.52. The molecule has 2 atom stereocenters. The number of ether oxygens (including phenoxy) is 1. The molecule has 0 spiro atoms. The fraction of sp³-hybridized carbons (Fsp3) is 0.727. The Morgan fingerprint density at radius 2 is 2.33 bits per heavy atom. The molecule has 2 unspecified atom stereocenters. The van der Waals surface area contributed by atoms with E-state index in [1.807, 2.05) is 6.92 Å². The summed E-state index contributed by atoms with van der Waals surface area (Å²) >= 11 is 0. The molecule has 0 saturated carbocycles. The second-order valence-electron chi connectivity index (χ2n) is 4.71. The van der Waals surface area contributed by atoms with E-state index in [2.05, 4.69) is 9.82 Å². The van der Waals surface area contributed by atoms with Crippen molar-refractivity contribution in [3.63, 3.8) is 0 Å². The number of hydrogen-bond donors (Lipinski definition) is 1. The Morgan fingerprint density at radius 1 is 1.61 bits per heavy atom. The van der Waals surface area contributed by atoms with Gasteiger partial charge in [0.05, 0.1) is 11.8 Å². The van der Waals surface area contributed by atoms with Crippen LogP contribution in [0.5, 0.6) is 0 Å². The summed E-state index contributed by atoms with van der Waals surface area (Å²) in [4.78, 5) is 0.231. The summed E-state index contributed by atoms with van der Waals surface area (Å²) in [5.41, 5.74) is 0.504. The van der Waals surface area contributed by atoms with Crippen LogP contribution >= 0.6 is 0 Å². The summed E-state index contributed by atoms with van der Waals surface area (Å²) in [6.07, 6.45) is 3.37. The Balaban J connectivity index is 2.14. The summed E-state index contributed by atoms with van der Waals surface area (Å²) in [6, 6.07) is -0.225. The zero-order valence-electron chi connectivity index (χ0n) is 10.9. The first-order valence-electron chi connectivity index (χ1n) is 6.04. The van der Waals surface area contributed by atoms with Gasteiger partial charge in [0.15, 0.2) is 0 Å². The summed E-state index contributed by atoms with van der Waals surface area (Å²) < 4.78 is 34.1. The van der Waals surface area contributed by atoms with E-state index in [0.717, 1.165) is 12.8 Å². The molecule has 2 heterocycles. The summed E-state index contributed by atoms with van der Waals surface area (Å²) in [5.74, 6) is 0. The standard InChI is InChI=1S/C11H19N3O3S/c1-8(10-5-4-6-17-10)13-18(15,16)11-7-14(3)12-9(11)2/h7-8,10,13H,4-6H2,1-3H3. The van der Waals surface area contributed by atoms with Crippen molar-refractivity contribution in [1.29, 1.82) is 0 Å². The molecule has 1 saturated heterocycles. The lowest BCUT2D eigenvalue weighted by atomic mass is 10.1. The highest BCUT2D eigenvalue weighted by Crippen LogP contribution is 2.18. The fourth-order valence-corrected chi connectivity index (χ4v) is 3.71. The van der Waals surface area contributed by atoms with Gasteiger partial charge in [-0.1, -0.05) is 0 Å². The fourth-order valence-electron chi connectivity index (χ4n) is 2.22. The molecule has 1 aromatic rings. The maximum absolute atomic E-state index is 12.2. The average molecular weight is 273 g/mol. The predicted octanol–water partition coefficient (Wildman–Crippen LogP) is 0.574. The molecule has 1 aromatic heterocycles. The summed E-state index contributed by atoms with van der Waals surface area (Å²) in [5, 5.41) is 4.05. The lowest BCUT2D eigenvalue weighted by Gasteiger charge is -2.19. The number of sulfonamides is 1. The second kappa shape index (κ2) is 4.99. The zero-order valence-corrected chi connectivity index (χ0v) is 11.7. The molecular weight excluding hydrogens is 254 g/mol. The van der Waals surface area contributed by atoms with E-state index in [9.17, 15) is 8.42 Å². The smallest absolute Gasteiger partial charge is 0.244 e. The third-order valence-corrected chi connectivity index (χ3v) is 4.78. The molecular formula is C11H19N3O3S. The van der Waals surface area contributed by atoms with E-state index in [0.29, 0.717) is 12.3 Å². The topological polar surface area (TPSA) is 73.2 Å². The number of nitrogens with zero attached hydrogens (tertiary/aromatic N) is 2. The van der Waals surface area contributed by atoms with Gasteiger partial charge < -0.3 is 4.74 Å². The largest absolute Gasteiger partial charge is 0.377 e. The van der Waals surface area contributed by atoms with Gasteiger partial charge in [-0.05, 0) is 26.7 Å². The highest BCUT2D eigenvalue weighted by Gasteiger charge is 2.28. The molecule has 0 aliphatic carbocycles. The molecule has 102 valence electrons. The molecule has 6 nitrogen and oxygen atoms in total. The summed E-state index contributed by atoms with van der Waals surface area (Å²) in [6.45, 7) is 4.23. The van der Waals surface area contributed by atoms with Gasteiger partial charge in [-0.15, -0.1) is 0 Å². The van der Waals surface area contributed by atoms with Crippen LogP contribution in [0.4, 0.5) is 0 Å². The molecule has 0 amide bonds. The van der Waals surface area contributed by atoms with E-state index in [1.165, 1.54) is 10.9 Å². The Morgan fingerprint density at radius 3 is 2.83 bits per heavy atom. The van der Waals surface area contributed by atoms with E-state index in [1.54, 1.807) is 14.0 Å². The highest BCUT2D eigenvalue weighted by atomic mass is 32.2. The zero-order chi connectivity index (χ0) is 13.3. The normalized spacial score (nSPS) is 22.3. The van der Waals surface area contributed by atoms with Crippen molar-refractivity contribution in [1.82, 2.24) is 14.5 Å². The Hall–Kier alpha value is -0.920. The third kappa shape index (κ3) is 2.73.